The van der Waals surface area contributed by atoms with E-state index in [4.69, 9.17) is 4.74 Å². The summed E-state index contributed by atoms with van der Waals surface area (Å²) in [6.45, 7) is 0.613. The number of rotatable bonds is 6. The Hall–Kier alpha value is -3.49. The summed E-state index contributed by atoms with van der Waals surface area (Å²) in [5, 5.41) is 4.09. The standard InChI is InChI=1S/C25H25F4N5O4S/c1-31(2)39(36,37)33-7-5-32(6-8-33)23-14-30-34(17-10-15(26)9-16(27)11-17)25(35)24(23)38-18-12-19-20(13-18)22(29)4-3-21(19)28/h3-4,9-11,14,18H,5-8,12-13H2,1-2H3. The van der Waals surface area contributed by atoms with Crippen LogP contribution in [0.5, 0.6) is 5.75 Å². The number of hydrogen-bond acceptors (Lipinski definition) is 6. The first kappa shape index (κ1) is 27.1. The van der Waals surface area contributed by atoms with Gasteiger partial charge in [0, 0.05) is 59.2 Å². The number of piperazine rings is 1. The van der Waals surface area contributed by atoms with Gasteiger partial charge in [0.2, 0.25) is 5.75 Å². The molecule has 0 saturated carbocycles. The highest BCUT2D eigenvalue weighted by Crippen LogP contribution is 2.33. The van der Waals surface area contributed by atoms with Gasteiger partial charge in [0.05, 0.1) is 11.9 Å². The molecule has 3 aromatic rings. The summed E-state index contributed by atoms with van der Waals surface area (Å²) >= 11 is 0. The Bertz CT molecular complexity index is 1540. The average molecular weight is 568 g/mol. The maximum Gasteiger partial charge on any atom is 0.316 e. The smallest absolute Gasteiger partial charge is 0.316 e. The lowest BCUT2D eigenvalue weighted by molar-refractivity contribution is 0.208. The van der Waals surface area contributed by atoms with Crippen LogP contribution in [0.25, 0.3) is 5.69 Å². The van der Waals surface area contributed by atoms with E-state index in [0.29, 0.717) is 6.07 Å². The van der Waals surface area contributed by atoms with E-state index in [2.05, 4.69) is 5.10 Å². The van der Waals surface area contributed by atoms with Gasteiger partial charge in [-0.15, -0.1) is 0 Å². The fourth-order valence-electron chi connectivity index (χ4n) is 4.86. The summed E-state index contributed by atoms with van der Waals surface area (Å²) in [5.41, 5.74) is -0.469. The quantitative estimate of drug-likeness (QED) is 0.425. The molecule has 2 heterocycles. The Balaban J connectivity index is 1.51. The fraction of sp³-hybridized carbons (Fsp3) is 0.360. The highest BCUT2D eigenvalue weighted by molar-refractivity contribution is 7.86. The summed E-state index contributed by atoms with van der Waals surface area (Å²) in [4.78, 5) is 15.3. The van der Waals surface area contributed by atoms with Crippen molar-refractivity contribution in [3.63, 3.8) is 0 Å². The second kappa shape index (κ2) is 10.2. The number of ether oxygens (including phenoxy) is 1. The summed E-state index contributed by atoms with van der Waals surface area (Å²) in [6, 6.07) is 4.58. The molecule has 0 bridgehead atoms. The Morgan fingerprint density at radius 3 is 2.03 bits per heavy atom. The average Bonchev–Trinajstić information content (AvgIpc) is 3.32. The number of halogens is 4. The normalized spacial score (nSPS) is 16.6. The molecule has 0 radical (unpaired) electrons. The van der Waals surface area contributed by atoms with Gasteiger partial charge in [-0.3, -0.25) is 4.79 Å². The first-order valence-electron chi connectivity index (χ1n) is 12.1. The first-order chi connectivity index (χ1) is 18.5. The Morgan fingerprint density at radius 2 is 1.49 bits per heavy atom. The summed E-state index contributed by atoms with van der Waals surface area (Å²) in [5.74, 6) is -3.23. The SMILES string of the molecule is CN(C)S(=O)(=O)N1CCN(c2cnn(-c3cc(F)cc(F)c3)c(=O)c2OC2Cc3c(F)ccc(F)c3C2)CC1. The number of nitrogens with zero attached hydrogens (tertiary/aromatic N) is 5. The van der Waals surface area contributed by atoms with Crippen LogP contribution in [0.3, 0.4) is 0 Å². The third-order valence-electron chi connectivity index (χ3n) is 6.84. The lowest BCUT2D eigenvalue weighted by Gasteiger charge is -2.36. The molecule has 0 unspecified atom stereocenters. The molecule has 208 valence electrons. The molecule has 14 heteroatoms. The number of benzene rings is 2. The molecule has 1 aliphatic heterocycles. The van der Waals surface area contributed by atoms with E-state index in [9.17, 15) is 30.8 Å². The minimum absolute atomic E-state index is 0.00355. The van der Waals surface area contributed by atoms with Crippen molar-refractivity contribution in [3.8, 4) is 11.4 Å². The Morgan fingerprint density at radius 1 is 0.923 bits per heavy atom. The van der Waals surface area contributed by atoms with Gasteiger partial charge in [0.25, 0.3) is 10.2 Å². The molecule has 0 amide bonds. The summed E-state index contributed by atoms with van der Waals surface area (Å²) in [6.07, 6.45) is 0.500. The third-order valence-corrected chi connectivity index (χ3v) is 8.78. The van der Waals surface area contributed by atoms with Crippen LogP contribution >= 0.6 is 0 Å². The maximum atomic E-state index is 14.3. The molecule has 2 aliphatic rings. The van der Waals surface area contributed by atoms with Crippen molar-refractivity contribution in [3.05, 3.63) is 81.3 Å². The largest absolute Gasteiger partial charge is 0.482 e. The zero-order chi connectivity index (χ0) is 28.1. The van der Waals surface area contributed by atoms with E-state index in [0.717, 1.165) is 33.3 Å². The van der Waals surface area contributed by atoms with E-state index in [1.165, 1.54) is 24.6 Å². The molecule has 0 spiro atoms. The first-order valence-corrected chi connectivity index (χ1v) is 13.5. The molecule has 1 fully saturated rings. The van der Waals surface area contributed by atoms with Crippen LogP contribution in [0.15, 0.2) is 41.3 Å². The fourth-order valence-corrected chi connectivity index (χ4v) is 5.94. The van der Waals surface area contributed by atoms with Gasteiger partial charge in [0.15, 0.2) is 0 Å². The molecule has 5 rings (SSSR count). The van der Waals surface area contributed by atoms with E-state index >= 15 is 0 Å². The van der Waals surface area contributed by atoms with Gasteiger partial charge < -0.3 is 9.64 Å². The van der Waals surface area contributed by atoms with Crippen molar-refractivity contribution < 1.29 is 30.7 Å². The zero-order valence-electron chi connectivity index (χ0n) is 21.1. The maximum absolute atomic E-state index is 14.3. The van der Waals surface area contributed by atoms with Gasteiger partial charge in [-0.1, -0.05) is 0 Å². The molecule has 0 atom stereocenters. The van der Waals surface area contributed by atoms with E-state index < -0.39 is 45.1 Å². The lowest BCUT2D eigenvalue weighted by atomic mass is 10.1. The highest BCUT2D eigenvalue weighted by Gasteiger charge is 2.33. The highest BCUT2D eigenvalue weighted by atomic mass is 32.2. The van der Waals surface area contributed by atoms with Gasteiger partial charge in [-0.05, 0) is 35.4 Å². The molecular formula is C25H25F4N5O4S. The zero-order valence-corrected chi connectivity index (χ0v) is 21.9. The molecule has 1 aliphatic carbocycles. The molecule has 1 saturated heterocycles. The second-order valence-electron chi connectivity index (χ2n) is 9.51. The molecule has 39 heavy (non-hydrogen) atoms. The lowest BCUT2D eigenvalue weighted by Crippen LogP contribution is -2.52. The van der Waals surface area contributed by atoms with Gasteiger partial charge >= 0.3 is 5.56 Å². The Kier molecular flexibility index (Phi) is 7.11. The Labute approximate surface area is 222 Å². The predicted octanol–water partition coefficient (Wildman–Crippen LogP) is 2.26. The predicted molar refractivity (Wildman–Crippen MR) is 134 cm³/mol. The van der Waals surface area contributed by atoms with Crippen molar-refractivity contribution in [2.24, 2.45) is 0 Å². The van der Waals surface area contributed by atoms with E-state index in [1.807, 2.05) is 0 Å². The van der Waals surface area contributed by atoms with E-state index in [1.54, 1.807) is 4.90 Å². The van der Waals surface area contributed by atoms with Crippen molar-refractivity contribution in [2.75, 3.05) is 45.2 Å². The van der Waals surface area contributed by atoms with Crippen molar-refractivity contribution in [1.82, 2.24) is 18.4 Å². The van der Waals surface area contributed by atoms with Crippen LogP contribution in [-0.2, 0) is 23.1 Å². The minimum Gasteiger partial charge on any atom is -0.482 e. The van der Waals surface area contributed by atoms with Crippen LogP contribution in [0.2, 0.25) is 0 Å². The van der Waals surface area contributed by atoms with Crippen molar-refractivity contribution in [2.45, 2.75) is 18.9 Å². The molecule has 2 aromatic carbocycles. The number of fused-ring (bicyclic) bond motifs is 1. The number of aromatic nitrogens is 2. The molecular weight excluding hydrogens is 542 g/mol. The molecule has 0 N–H and O–H groups in total. The van der Waals surface area contributed by atoms with Gasteiger partial charge in [-0.25, -0.2) is 17.6 Å². The van der Waals surface area contributed by atoms with Crippen molar-refractivity contribution >= 4 is 15.9 Å². The third kappa shape index (κ3) is 5.11. The van der Waals surface area contributed by atoms with Gasteiger partial charge in [0.1, 0.15) is 35.1 Å². The number of hydrogen-bond donors (Lipinski definition) is 0. The molecule has 9 nitrogen and oxygen atoms in total. The van der Waals surface area contributed by atoms with Crippen LogP contribution in [0.4, 0.5) is 23.2 Å². The molecule has 1 aromatic heterocycles. The van der Waals surface area contributed by atoms with Crippen LogP contribution < -0.4 is 15.2 Å². The monoisotopic (exact) mass is 567 g/mol. The minimum atomic E-state index is -3.65. The second-order valence-corrected chi connectivity index (χ2v) is 11.7. The van der Waals surface area contributed by atoms with Crippen LogP contribution in [0, 0.1) is 23.3 Å². The number of anilines is 1. The van der Waals surface area contributed by atoms with Gasteiger partial charge in [-0.2, -0.15) is 26.8 Å². The summed E-state index contributed by atoms with van der Waals surface area (Å²) < 4.78 is 90.8. The van der Waals surface area contributed by atoms with E-state index in [-0.39, 0.29) is 67.3 Å². The topological polar surface area (TPSA) is 88.0 Å². The van der Waals surface area contributed by atoms with Crippen molar-refractivity contribution in [1.29, 1.82) is 0 Å². The summed E-state index contributed by atoms with van der Waals surface area (Å²) in [7, 11) is -0.790. The van der Waals surface area contributed by atoms with Crippen LogP contribution in [0.1, 0.15) is 11.1 Å². The van der Waals surface area contributed by atoms with Crippen LogP contribution in [-0.4, -0.2) is 73.2 Å².